The molecule has 144 valence electrons. The predicted molar refractivity (Wildman–Crippen MR) is 109 cm³/mol. The topological polar surface area (TPSA) is 85.5 Å². The number of aromatic nitrogens is 1. The Kier molecular flexibility index (Phi) is 6.39. The van der Waals surface area contributed by atoms with Crippen LogP contribution in [0.1, 0.15) is 22.5 Å². The van der Waals surface area contributed by atoms with Gasteiger partial charge in [0.05, 0.1) is 7.11 Å². The third-order valence-electron chi connectivity index (χ3n) is 4.19. The number of methoxy groups -OCH3 is 1. The molecule has 0 bridgehead atoms. The standard InChI is InChI=1S/C21H21N3O3S/c1-27-17-9-7-16(8-10-17)20-23-18(14-28-20)21(26)24(12-11-19(22)25)13-15-5-3-2-4-6-15/h2-10,14H,11-13H2,1H3,(H2,22,25). The number of carbonyl (C=O) groups is 2. The van der Waals surface area contributed by atoms with E-state index in [4.69, 9.17) is 10.5 Å². The van der Waals surface area contributed by atoms with Crippen molar-refractivity contribution in [3.05, 3.63) is 71.2 Å². The van der Waals surface area contributed by atoms with Gasteiger partial charge in [-0.25, -0.2) is 4.98 Å². The Morgan fingerprint density at radius 2 is 1.82 bits per heavy atom. The molecular weight excluding hydrogens is 374 g/mol. The van der Waals surface area contributed by atoms with E-state index >= 15 is 0 Å². The number of primary amides is 1. The summed E-state index contributed by atoms with van der Waals surface area (Å²) in [7, 11) is 1.61. The highest BCUT2D eigenvalue weighted by Gasteiger charge is 2.20. The summed E-state index contributed by atoms with van der Waals surface area (Å²) < 4.78 is 5.17. The third-order valence-corrected chi connectivity index (χ3v) is 5.08. The van der Waals surface area contributed by atoms with Crippen LogP contribution in [0.5, 0.6) is 5.75 Å². The molecule has 0 saturated heterocycles. The molecule has 0 unspecified atom stereocenters. The fraction of sp³-hybridized carbons (Fsp3) is 0.190. The van der Waals surface area contributed by atoms with Gasteiger partial charge in [-0.2, -0.15) is 0 Å². The number of carbonyl (C=O) groups excluding carboxylic acids is 2. The molecule has 7 heteroatoms. The van der Waals surface area contributed by atoms with Crippen molar-refractivity contribution >= 4 is 23.2 Å². The van der Waals surface area contributed by atoms with Gasteiger partial charge in [0, 0.05) is 30.5 Å². The Balaban J connectivity index is 1.79. The zero-order valence-corrected chi connectivity index (χ0v) is 16.3. The minimum atomic E-state index is -0.442. The molecule has 28 heavy (non-hydrogen) atoms. The first-order valence-electron chi connectivity index (χ1n) is 8.78. The highest BCUT2D eigenvalue weighted by Crippen LogP contribution is 2.26. The van der Waals surface area contributed by atoms with Crippen LogP contribution in [0.4, 0.5) is 0 Å². The maximum absolute atomic E-state index is 13.0. The van der Waals surface area contributed by atoms with E-state index in [1.165, 1.54) is 11.3 Å². The molecule has 3 rings (SSSR count). The van der Waals surface area contributed by atoms with E-state index in [1.54, 1.807) is 17.4 Å². The first kappa shape index (κ1) is 19.6. The maximum atomic E-state index is 13.0. The van der Waals surface area contributed by atoms with E-state index in [2.05, 4.69) is 4.98 Å². The van der Waals surface area contributed by atoms with Gasteiger partial charge in [0.15, 0.2) is 0 Å². The van der Waals surface area contributed by atoms with E-state index < -0.39 is 5.91 Å². The third kappa shape index (κ3) is 4.95. The number of ether oxygens (including phenoxy) is 1. The van der Waals surface area contributed by atoms with E-state index in [9.17, 15) is 9.59 Å². The second-order valence-corrected chi connectivity index (χ2v) is 7.05. The first-order valence-corrected chi connectivity index (χ1v) is 9.66. The Bertz CT molecular complexity index is 939. The fourth-order valence-electron chi connectivity index (χ4n) is 2.70. The van der Waals surface area contributed by atoms with Crippen molar-refractivity contribution < 1.29 is 14.3 Å². The zero-order chi connectivity index (χ0) is 19.9. The molecule has 3 aromatic rings. The van der Waals surface area contributed by atoms with Gasteiger partial charge < -0.3 is 15.4 Å². The summed E-state index contributed by atoms with van der Waals surface area (Å²) in [5.74, 6) is 0.0984. The lowest BCUT2D eigenvalue weighted by molar-refractivity contribution is -0.118. The van der Waals surface area contributed by atoms with Gasteiger partial charge in [0.25, 0.3) is 5.91 Å². The van der Waals surface area contributed by atoms with Gasteiger partial charge in [-0.15, -0.1) is 11.3 Å². The molecule has 0 aliphatic heterocycles. The summed E-state index contributed by atoms with van der Waals surface area (Å²) in [6.07, 6.45) is 0.105. The molecule has 0 aliphatic carbocycles. The first-order chi connectivity index (χ1) is 13.6. The van der Waals surface area contributed by atoms with Gasteiger partial charge >= 0.3 is 0 Å². The van der Waals surface area contributed by atoms with Crippen molar-refractivity contribution in [3.8, 4) is 16.3 Å². The lowest BCUT2D eigenvalue weighted by Crippen LogP contribution is -2.33. The number of hydrogen-bond acceptors (Lipinski definition) is 5. The van der Waals surface area contributed by atoms with Crippen LogP contribution in [0.15, 0.2) is 60.0 Å². The Morgan fingerprint density at radius 3 is 2.46 bits per heavy atom. The van der Waals surface area contributed by atoms with Gasteiger partial charge in [-0.1, -0.05) is 30.3 Å². The molecular formula is C21H21N3O3S. The number of nitrogens with two attached hydrogens (primary N) is 1. The van der Waals surface area contributed by atoms with Crippen molar-refractivity contribution in [2.45, 2.75) is 13.0 Å². The average molecular weight is 395 g/mol. The largest absolute Gasteiger partial charge is 0.497 e. The Hall–Kier alpha value is -3.19. The highest BCUT2D eigenvalue weighted by molar-refractivity contribution is 7.13. The van der Waals surface area contributed by atoms with E-state index in [0.717, 1.165) is 21.9 Å². The van der Waals surface area contributed by atoms with Crippen LogP contribution in [0.3, 0.4) is 0 Å². The van der Waals surface area contributed by atoms with Crippen LogP contribution >= 0.6 is 11.3 Å². The van der Waals surface area contributed by atoms with Crippen LogP contribution in [-0.2, 0) is 11.3 Å². The van der Waals surface area contributed by atoms with E-state index in [0.29, 0.717) is 12.2 Å². The average Bonchev–Trinajstić information content (AvgIpc) is 3.21. The Labute approximate surface area is 167 Å². The van der Waals surface area contributed by atoms with Crippen LogP contribution in [0.2, 0.25) is 0 Å². The fourth-order valence-corrected chi connectivity index (χ4v) is 3.50. The summed E-state index contributed by atoms with van der Waals surface area (Å²) in [6, 6.07) is 17.1. The second kappa shape index (κ2) is 9.14. The van der Waals surface area contributed by atoms with Crippen LogP contribution in [-0.4, -0.2) is 35.4 Å². The molecule has 2 aromatic carbocycles. The molecule has 0 fully saturated rings. The molecule has 0 saturated carbocycles. The number of rotatable bonds is 8. The molecule has 1 aromatic heterocycles. The highest BCUT2D eigenvalue weighted by atomic mass is 32.1. The summed E-state index contributed by atoms with van der Waals surface area (Å²) >= 11 is 1.40. The number of hydrogen-bond donors (Lipinski definition) is 1. The van der Waals surface area contributed by atoms with Gasteiger partial charge in [0.1, 0.15) is 16.5 Å². The monoisotopic (exact) mass is 395 g/mol. The normalized spacial score (nSPS) is 10.5. The number of nitrogens with zero attached hydrogens (tertiary/aromatic N) is 2. The van der Waals surface area contributed by atoms with Crippen molar-refractivity contribution in [1.82, 2.24) is 9.88 Å². The molecule has 0 radical (unpaired) electrons. The second-order valence-electron chi connectivity index (χ2n) is 6.20. The number of amides is 2. The zero-order valence-electron chi connectivity index (χ0n) is 15.5. The molecule has 0 aliphatic rings. The van der Waals surface area contributed by atoms with Crippen LogP contribution < -0.4 is 10.5 Å². The summed E-state index contributed by atoms with van der Waals surface area (Å²) in [5.41, 5.74) is 7.52. The van der Waals surface area contributed by atoms with Crippen molar-refractivity contribution in [3.63, 3.8) is 0 Å². The molecule has 1 heterocycles. The van der Waals surface area contributed by atoms with Crippen molar-refractivity contribution in [1.29, 1.82) is 0 Å². The van der Waals surface area contributed by atoms with Gasteiger partial charge in [-0.05, 0) is 29.8 Å². The minimum absolute atomic E-state index is 0.105. The molecule has 6 nitrogen and oxygen atoms in total. The van der Waals surface area contributed by atoms with Gasteiger partial charge in [0.2, 0.25) is 5.91 Å². The number of benzene rings is 2. The Morgan fingerprint density at radius 1 is 1.11 bits per heavy atom. The van der Waals surface area contributed by atoms with Gasteiger partial charge in [-0.3, -0.25) is 9.59 Å². The maximum Gasteiger partial charge on any atom is 0.273 e. The molecule has 2 N–H and O–H groups in total. The summed E-state index contributed by atoms with van der Waals surface area (Å²) in [5, 5.41) is 2.49. The van der Waals surface area contributed by atoms with Crippen molar-refractivity contribution in [2.75, 3.05) is 13.7 Å². The lowest BCUT2D eigenvalue weighted by Gasteiger charge is -2.21. The molecule has 0 atom stereocenters. The smallest absolute Gasteiger partial charge is 0.273 e. The molecule has 0 spiro atoms. The minimum Gasteiger partial charge on any atom is -0.497 e. The van der Waals surface area contributed by atoms with Crippen LogP contribution in [0.25, 0.3) is 10.6 Å². The predicted octanol–water partition coefficient (Wildman–Crippen LogP) is 3.34. The summed E-state index contributed by atoms with van der Waals surface area (Å²) in [4.78, 5) is 30.3. The number of thiazole rings is 1. The molecule has 2 amide bonds. The van der Waals surface area contributed by atoms with Crippen molar-refractivity contribution in [2.24, 2.45) is 5.73 Å². The van der Waals surface area contributed by atoms with E-state index in [1.807, 2.05) is 54.6 Å². The van der Waals surface area contributed by atoms with E-state index in [-0.39, 0.29) is 18.9 Å². The summed E-state index contributed by atoms with van der Waals surface area (Å²) in [6.45, 7) is 0.640. The van der Waals surface area contributed by atoms with Crippen LogP contribution in [0, 0.1) is 0 Å². The quantitative estimate of drug-likeness (QED) is 0.634. The SMILES string of the molecule is COc1ccc(-c2nc(C(=O)N(CCC(N)=O)Cc3ccccc3)cs2)cc1. The lowest BCUT2D eigenvalue weighted by atomic mass is 10.2.